The van der Waals surface area contributed by atoms with Crippen molar-refractivity contribution in [2.24, 2.45) is 5.10 Å². The van der Waals surface area contributed by atoms with Crippen molar-refractivity contribution in [3.05, 3.63) is 95.0 Å². The Morgan fingerprint density at radius 1 is 1.08 bits per heavy atom. The number of anilines is 1. The van der Waals surface area contributed by atoms with Crippen LogP contribution in [-0.2, 0) is 14.8 Å². The Kier molecular flexibility index (Phi) is 9.26. The van der Waals surface area contributed by atoms with E-state index in [1.807, 2.05) is 6.92 Å². The van der Waals surface area contributed by atoms with Crippen LogP contribution < -0.4 is 19.2 Å². The van der Waals surface area contributed by atoms with Crippen molar-refractivity contribution in [2.75, 3.05) is 24.6 Å². The molecule has 0 aliphatic heterocycles. The van der Waals surface area contributed by atoms with Gasteiger partial charge in [0.2, 0.25) is 0 Å². The van der Waals surface area contributed by atoms with E-state index in [2.05, 4.69) is 33.0 Å². The van der Waals surface area contributed by atoms with E-state index in [0.717, 1.165) is 14.3 Å². The van der Waals surface area contributed by atoms with E-state index < -0.39 is 22.5 Å². The molecule has 0 aliphatic carbocycles. The summed E-state index contributed by atoms with van der Waals surface area (Å²) < 4.78 is 39.5. The van der Waals surface area contributed by atoms with Crippen LogP contribution in [0, 0.1) is 6.92 Å². The molecule has 0 aliphatic rings. The van der Waals surface area contributed by atoms with Crippen LogP contribution in [0.25, 0.3) is 0 Å². The molecule has 0 heterocycles. The smallest absolute Gasteiger partial charge is 0.264 e. The number of halogens is 1. The number of sulfonamides is 1. The Morgan fingerprint density at radius 3 is 2.42 bits per heavy atom. The molecule has 0 unspecified atom stereocenters. The van der Waals surface area contributed by atoms with Crippen LogP contribution in [0.15, 0.2) is 93.9 Å². The maximum Gasteiger partial charge on any atom is 0.264 e. The fourth-order valence-corrected chi connectivity index (χ4v) is 4.82. The number of benzene rings is 3. The van der Waals surface area contributed by atoms with Crippen LogP contribution in [0.1, 0.15) is 11.1 Å². The molecular weight excluding hydrogens is 546 g/mol. The molecule has 36 heavy (non-hydrogen) atoms. The lowest BCUT2D eigenvalue weighted by atomic mass is 10.2. The summed E-state index contributed by atoms with van der Waals surface area (Å²) in [5.74, 6) is 0.436. The molecule has 0 saturated carbocycles. The fraction of sp³-hybridized carbons (Fsp3) is 0.154. The monoisotopic (exact) mass is 571 g/mol. The van der Waals surface area contributed by atoms with E-state index in [1.165, 1.54) is 25.5 Å². The van der Waals surface area contributed by atoms with Crippen LogP contribution in [0.4, 0.5) is 5.69 Å². The molecule has 1 N–H and O–H groups in total. The van der Waals surface area contributed by atoms with Gasteiger partial charge < -0.3 is 9.47 Å². The highest BCUT2D eigenvalue weighted by Gasteiger charge is 2.27. The van der Waals surface area contributed by atoms with Gasteiger partial charge in [0.25, 0.3) is 15.9 Å². The number of hydrazone groups is 1. The quantitative estimate of drug-likeness (QED) is 0.205. The van der Waals surface area contributed by atoms with Gasteiger partial charge in [-0.05, 0) is 67.1 Å². The van der Waals surface area contributed by atoms with Gasteiger partial charge in [-0.1, -0.05) is 46.3 Å². The third-order valence-electron chi connectivity index (χ3n) is 4.96. The number of carbonyl (C=O) groups is 1. The molecule has 10 heteroatoms. The molecule has 0 radical (unpaired) electrons. The Hall–Kier alpha value is -3.63. The van der Waals surface area contributed by atoms with Crippen LogP contribution >= 0.6 is 15.9 Å². The van der Waals surface area contributed by atoms with Crippen LogP contribution in [0.5, 0.6) is 11.5 Å². The summed E-state index contributed by atoms with van der Waals surface area (Å²) in [6, 6.07) is 18.3. The average molecular weight is 572 g/mol. The maximum absolute atomic E-state index is 13.4. The van der Waals surface area contributed by atoms with E-state index >= 15 is 0 Å². The van der Waals surface area contributed by atoms with Crippen molar-refractivity contribution < 1.29 is 22.7 Å². The van der Waals surface area contributed by atoms with E-state index in [-0.39, 0.29) is 4.90 Å². The van der Waals surface area contributed by atoms with E-state index in [1.54, 1.807) is 60.7 Å². The van der Waals surface area contributed by atoms with Gasteiger partial charge in [-0.25, -0.2) is 13.8 Å². The van der Waals surface area contributed by atoms with E-state index in [0.29, 0.717) is 29.4 Å². The fourth-order valence-electron chi connectivity index (χ4n) is 3.14. The van der Waals surface area contributed by atoms with Crippen molar-refractivity contribution in [3.8, 4) is 11.5 Å². The Morgan fingerprint density at radius 2 is 1.78 bits per heavy atom. The second-order valence-electron chi connectivity index (χ2n) is 7.60. The number of hydrogen-bond acceptors (Lipinski definition) is 6. The van der Waals surface area contributed by atoms with Gasteiger partial charge in [-0.3, -0.25) is 9.10 Å². The molecule has 3 rings (SSSR count). The molecule has 3 aromatic carbocycles. The lowest BCUT2D eigenvalue weighted by Crippen LogP contribution is -2.39. The minimum absolute atomic E-state index is 0.0816. The molecule has 1 amide bonds. The first-order valence-electron chi connectivity index (χ1n) is 10.8. The zero-order valence-corrected chi connectivity index (χ0v) is 22.3. The normalized spacial score (nSPS) is 11.2. The molecular formula is C26H26BrN3O5S. The lowest BCUT2D eigenvalue weighted by molar-refractivity contribution is -0.119. The van der Waals surface area contributed by atoms with Crippen LogP contribution in [-0.4, -0.2) is 40.8 Å². The van der Waals surface area contributed by atoms with Crippen LogP contribution in [0.2, 0.25) is 0 Å². The van der Waals surface area contributed by atoms with Gasteiger partial charge in [-0.15, -0.1) is 0 Å². The van der Waals surface area contributed by atoms with Crippen molar-refractivity contribution in [1.82, 2.24) is 5.43 Å². The second kappa shape index (κ2) is 12.4. The summed E-state index contributed by atoms with van der Waals surface area (Å²) in [7, 11) is -2.49. The number of nitrogens with zero attached hydrogens (tertiary/aromatic N) is 2. The summed E-state index contributed by atoms with van der Waals surface area (Å²) in [5, 5.41) is 3.97. The summed E-state index contributed by atoms with van der Waals surface area (Å²) >= 11 is 3.34. The molecule has 0 atom stereocenters. The van der Waals surface area contributed by atoms with Crippen molar-refractivity contribution in [2.45, 2.75) is 11.8 Å². The Bertz CT molecular complexity index is 1340. The Labute approximate surface area is 219 Å². The first-order valence-corrected chi connectivity index (χ1v) is 13.1. The summed E-state index contributed by atoms with van der Waals surface area (Å²) in [4.78, 5) is 12.8. The molecule has 188 valence electrons. The third kappa shape index (κ3) is 6.96. The van der Waals surface area contributed by atoms with E-state index in [4.69, 9.17) is 9.47 Å². The van der Waals surface area contributed by atoms with Crippen LogP contribution in [0.3, 0.4) is 0 Å². The third-order valence-corrected chi connectivity index (χ3v) is 7.27. The molecule has 0 bridgehead atoms. The van der Waals surface area contributed by atoms with Gasteiger partial charge in [-0.2, -0.15) is 5.10 Å². The zero-order valence-electron chi connectivity index (χ0n) is 19.8. The largest absolute Gasteiger partial charge is 0.493 e. The zero-order chi connectivity index (χ0) is 26.1. The minimum atomic E-state index is -4.01. The van der Waals surface area contributed by atoms with Gasteiger partial charge in [0.1, 0.15) is 13.2 Å². The molecule has 0 fully saturated rings. The molecule has 0 aromatic heterocycles. The van der Waals surface area contributed by atoms with Gasteiger partial charge in [0.15, 0.2) is 11.5 Å². The van der Waals surface area contributed by atoms with Crippen molar-refractivity contribution in [1.29, 1.82) is 0 Å². The lowest BCUT2D eigenvalue weighted by Gasteiger charge is -2.23. The molecule has 3 aromatic rings. The first-order chi connectivity index (χ1) is 17.2. The Balaban J connectivity index is 1.78. The standard InChI is InChI=1S/C26H26BrN3O5S/c1-4-15-35-24-14-7-20(16-25(24)34-3)17-28-29-26(31)18-30(22-10-8-21(27)9-11-22)36(32,33)23-12-5-19(2)6-13-23/h4-14,16-17H,1,15,18H2,2-3H3,(H,29,31)/b28-17-. The predicted octanol–water partition coefficient (Wildman–Crippen LogP) is 4.68. The second-order valence-corrected chi connectivity index (χ2v) is 10.4. The van der Waals surface area contributed by atoms with E-state index in [9.17, 15) is 13.2 Å². The highest BCUT2D eigenvalue weighted by atomic mass is 79.9. The number of carbonyl (C=O) groups excluding carboxylic acids is 1. The predicted molar refractivity (Wildman–Crippen MR) is 144 cm³/mol. The molecule has 8 nitrogen and oxygen atoms in total. The first kappa shape index (κ1) is 27.0. The van der Waals surface area contributed by atoms with Gasteiger partial charge in [0, 0.05) is 4.47 Å². The number of methoxy groups -OCH3 is 1. The van der Waals surface area contributed by atoms with Crippen molar-refractivity contribution >= 4 is 43.8 Å². The number of ether oxygens (including phenoxy) is 2. The maximum atomic E-state index is 13.4. The highest BCUT2D eigenvalue weighted by molar-refractivity contribution is 9.10. The topological polar surface area (TPSA) is 97.3 Å². The number of amides is 1. The number of hydrogen-bond donors (Lipinski definition) is 1. The summed E-state index contributed by atoms with van der Waals surface area (Å²) in [5.41, 5.74) is 4.31. The average Bonchev–Trinajstić information content (AvgIpc) is 2.87. The van der Waals surface area contributed by atoms with Gasteiger partial charge >= 0.3 is 0 Å². The number of rotatable bonds is 11. The van der Waals surface area contributed by atoms with Gasteiger partial charge in [0.05, 0.1) is 23.9 Å². The molecule has 0 saturated heterocycles. The SMILES string of the molecule is C=CCOc1ccc(/C=N\NC(=O)CN(c2ccc(Br)cc2)S(=O)(=O)c2ccc(C)cc2)cc1OC. The van der Waals surface area contributed by atoms with Crippen molar-refractivity contribution in [3.63, 3.8) is 0 Å². The summed E-state index contributed by atoms with van der Waals surface area (Å²) in [6.45, 7) is 5.35. The molecule has 0 spiro atoms. The number of aryl methyl sites for hydroxylation is 1. The number of nitrogens with one attached hydrogen (secondary N) is 1. The summed E-state index contributed by atoms with van der Waals surface area (Å²) in [6.07, 6.45) is 3.05. The minimum Gasteiger partial charge on any atom is -0.493 e. The highest BCUT2D eigenvalue weighted by Crippen LogP contribution is 2.28.